The van der Waals surface area contributed by atoms with Gasteiger partial charge in [-0.3, -0.25) is 9.36 Å². The number of rotatable bonds is 7. The number of thiazole rings is 1. The fourth-order valence-electron chi connectivity index (χ4n) is 4.43. The molecule has 192 valence electrons. The number of esters is 1. The van der Waals surface area contributed by atoms with E-state index in [0.717, 1.165) is 5.56 Å². The van der Waals surface area contributed by atoms with Crippen molar-refractivity contribution in [1.82, 2.24) is 4.57 Å². The zero-order valence-corrected chi connectivity index (χ0v) is 21.7. The number of hydrogen-bond acceptors (Lipinski definition) is 6. The van der Waals surface area contributed by atoms with Crippen molar-refractivity contribution in [3.8, 4) is 5.75 Å². The molecule has 4 aromatic rings. The minimum atomic E-state index is -0.856. The van der Waals surface area contributed by atoms with Crippen molar-refractivity contribution < 1.29 is 18.7 Å². The Balaban J connectivity index is 1.82. The van der Waals surface area contributed by atoms with Gasteiger partial charge in [0.2, 0.25) is 0 Å². The molecule has 0 fully saturated rings. The zero-order chi connectivity index (χ0) is 26.6. The van der Waals surface area contributed by atoms with Crippen molar-refractivity contribution in [3.63, 3.8) is 0 Å². The number of para-hydroxylation sites is 1. The van der Waals surface area contributed by atoms with Crippen molar-refractivity contribution in [2.24, 2.45) is 4.99 Å². The van der Waals surface area contributed by atoms with Gasteiger partial charge in [-0.05, 0) is 43.7 Å². The topological polar surface area (TPSA) is 69.9 Å². The number of carbonyl (C=O) groups is 1. The molecular formula is C30H25FN2O4S. The summed E-state index contributed by atoms with van der Waals surface area (Å²) in [4.78, 5) is 32.6. The van der Waals surface area contributed by atoms with Crippen LogP contribution in [0.3, 0.4) is 0 Å². The first-order valence-corrected chi connectivity index (χ1v) is 13.1. The smallest absolute Gasteiger partial charge is 0.338 e. The number of ether oxygens (including phenoxy) is 2. The van der Waals surface area contributed by atoms with Crippen LogP contribution in [0.2, 0.25) is 0 Å². The second-order valence-corrected chi connectivity index (χ2v) is 9.46. The lowest BCUT2D eigenvalue weighted by molar-refractivity contribution is -0.138. The monoisotopic (exact) mass is 528 g/mol. The average Bonchev–Trinajstić information content (AvgIpc) is 3.24. The van der Waals surface area contributed by atoms with Gasteiger partial charge in [0.1, 0.15) is 11.6 Å². The Morgan fingerprint density at radius 1 is 1.00 bits per heavy atom. The molecule has 2 heterocycles. The Bertz CT molecular complexity index is 1690. The molecule has 0 amide bonds. The standard InChI is InChI=1S/C30H25FN2O4S/c1-3-36-23-13-9-8-12-21(23)18-24-28(34)33-27(20-14-16-22(31)17-15-20)25(29(35)37-4-2)26(32-30(33)38-24)19-10-6-5-7-11-19/h5-18,27H,3-4H2,1-2H3/t27-/m0/s1. The normalized spacial score (nSPS) is 15.1. The van der Waals surface area contributed by atoms with Crippen molar-refractivity contribution >= 4 is 29.1 Å². The van der Waals surface area contributed by atoms with Crippen LogP contribution in [0.1, 0.15) is 36.6 Å². The lowest BCUT2D eigenvalue weighted by Gasteiger charge is -2.25. The van der Waals surface area contributed by atoms with Gasteiger partial charge in [-0.1, -0.05) is 72.0 Å². The van der Waals surface area contributed by atoms with Crippen molar-refractivity contribution in [2.45, 2.75) is 19.9 Å². The molecule has 1 aromatic heterocycles. The van der Waals surface area contributed by atoms with Crippen LogP contribution in [0.15, 0.2) is 94.2 Å². The molecule has 0 saturated carbocycles. The second-order valence-electron chi connectivity index (χ2n) is 8.45. The van der Waals surface area contributed by atoms with Gasteiger partial charge in [-0.15, -0.1) is 0 Å². The zero-order valence-electron chi connectivity index (χ0n) is 20.9. The first-order valence-electron chi connectivity index (χ1n) is 12.3. The summed E-state index contributed by atoms with van der Waals surface area (Å²) >= 11 is 1.22. The number of fused-ring (bicyclic) bond motifs is 1. The summed E-state index contributed by atoms with van der Waals surface area (Å²) in [6.45, 7) is 4.26. The molecule has 5 rings (SSSR count). The Morgan fingerprint density at radius 3 is 2.42 bits per heavy atom. The van der Waals surface area contributed by atoms with E-state index in [4.69, 9.17) is 14.5 Å². The van der Waals surface area contributed by atoms with E-state index in [1.807, 2.05) is 61.5 Å². The molecule has 38 heavy (non-hydrogen) atoms. The lowest BCUT2D eigenvalue weighted by Crippen LogP contribution is -2.40. The summed E-state index contributed by atoms with van der Waals surface area (Å²) < 4.78 is 27.0. The highest BCUT2D eigenvalue weighted by atomic mass is 32.1. The highest BCUT2D eigenvalue weighted by molar-refractivity contribution is 7.07. The van der Waals surface area contributed by atoms with Crippen molar-refractivity contribution in [1.29, 1.82) is 0 Å². The molecule has 1 aliphatic rings. The third-order valence-corrected chi connectivity index (χ3v) is 7.05. The number of halogens is 1. The summed E-state index contributed by atoms with van der Waals surface area (Å²) in [6, 6.07) is 21.7. The third-order valence-electron chi connectivity index (χ3n) is 6.06. The van der Waals surface area contributed by atoms with Crippen LogP contribution in [0.5, 0.6) is 5.75 Å². The minimum Gasteiger partial charge on any atom is -0.493 e. The summed E-state index contributed by atoms with van der Waals surface area (Å²) in [6.07, 6.45) is 1.77. The summed E-state index contributed by atoms with van der Waals surface area (Å²) in [5.74, 6) is -0.341. The molecule has 0 N–H and O–H groups in total. The van der Waals surface area contributed by atoms with E-state index in [0.29, 0.717) is 38.5 Å². The molecule has 0 bridgehead atoms. The third kappa shape index (κ3) is 4.82. The van der Waals surface area contributed by atoms with E-state index < -0.39 is 17.8 Å². The van der Waals surface area contributed by atoms with Crippen LogP contribution < -0.4 is 19.6 Å². The maximum absolute atomic E-state index is 13.9. The molecule has 3 aromatic carbocycles. The Labute approximate surface area is 222 Å². The van der Waals surface area contributed by atoms with Crippen molar-refractivity contribution in [3.05, 3.63) is 127 Å². The van der Waals surface area contributed by atoms with Gasteiger partial charge in [0.15, 0.2) is 4.80 Å². The van der Waals surface area contributed by atoms with E-state index in [1.165, 1.54) is 28.0 Å². The Kier molecular flexibility index (Phi) is 7.33. The van der Waals surface area contributed by atoms with Crippen LogP contribution in [-0.2, 0) is 9.53 Å². The highest BCUT2D eigenvalue weighted by Crippen LogP contribution is 2.35. The first-order chi connectivity index (χ1) is 18.5. The predicted molar refractivity (Wildman–Crippen MR) is 145 cm³/mol. The number of hydrogen-bond donors (Lipinski definition) is 0. The minimum absolute atomic E-state index is 0.152. The van der Waals surface area contributed by atoms with Gasteiger partial charge in [0, 0.05) is 11.1 Å². The summed E-state index contributed by atoms with van der Waals surface area (Å²) in [5, 5.41) is 0. The molecule has 0 aliphatic carbocycles. The maximum Gasteiger partial charge on any atom is 0.338 e. The van der Waals surface area contributed by atoms with Gasteiger partial charge < -0.3 is 9.47 Å². The molecule has 0 unspecified atom stereocenters. The van der Waals surface area contributed by atoms with Crippen LogP contribution in [0.25, 0.3) is 11.8 Å². The molecule has 6 nitrogen and oxygen atoms in total. The average molecular weight is 529 g/mol. The highest BCUT2D eigenvalue weighted by Gasteiger charge is 2.35. The predicted octanol–water partition coefficient (Wildman–Crippen LogP) is 4.47. The molecule has 1 aliphatic heterocycles. The molecule has 1 atom stereocenters. The fourth-order valence-corrected chi connectivity index (χ4v) is 5.42. The van der Waals surface area contributed by atoms with Gasteiger partial charge in [0.05, 0.1) is 35.1 Å². The SMILES string of the molecule is CCOC(=O)C1=C(c2ccccc2)N=c2sc(=Cc3ccccc3OCC)c(=O)n2[C@H]1c1ccc(F)cc1. The van der Waals surface area contributed by atoms with Gasteiger partial charge in [0.25, 0.3) is 5.56 Å². The summed E-state index contributed by atoms with van der Waals surface area (Å²) in [5.41, 5.74) is 2.36. The number of aromatic nitrogens is 1. The van der Waals surface area contributed by atoms with E-state index in [9.17, 15) is 14.0 Å². The van der Waals surface area contributed by atoms with Crippen molar-refractivity contribution in [2.75, 3.05) is 13.2 Å². The Hall–Kier alpha value is -4.30. The molecular weight excluding hydrogens is 503 g/mol. The fraction of sp³-hybridized carbons (Fsp3) is 0.167. The largest absolute Gasteiger partial charge is 0.493 e. The van der Waals surface area contributed by atoms with Crippen LogP contribution in [0, 0.1) is 5.82 Å². The van der Waals surface area contributed by atoms with Crippen LogP contribution in [0.4, 0.5) is 4.39 Å². The molecule has 0 spiro atoms. The van der Waals surface area contributed by atoms with Crippen LogP contribution >= 0.6 is 11.3 Å². The molecule has 0 saturated heterocycles. The van der Waals surface area contributed by atoms with Gasteiger partial charge >= 0.3 is 5.97 Å². The summed E-state index contributed by atoms with van der Waals surface area (Å²) in [7, 11) is 0. The number of carbonyl (C=O) groups excluding carboxylic acids is 1. The molecule has 8 heteroatoms. The van der Waals surface area contributed by atoms with Gasteiger partial charge in [-0.2, -0.15) is 0 Å². The molecule has 0 radical (unpaired) electrons. The quantitative estimate of drug-likeness (QED) is 0.332. The second kappa shape index (κ2) is 11.0. The van der Waals surface area contributed by atoms with E-state index in [1.54, 1.807) is 25.1 Å². The van der Waals surface area contributed by atoms with E-state index in [2.05, 4.69) is 0 Å². The lowest BCUT2D eigenvalue weighted by atomic mass is 9.93. The van der Waals surface area contributed by atoms with E-state index >= 15 is 0 Å². The van der Waals surface area contributed by atoms with Gasteiger partial charge in [-0.25, -0.2) is 14.2 Å². The van der Waals surface area contributed by atoms with Crippen LogP contribution in [-0.4, -0.2) is 23.8 Å². The first kappa shape index (κ1) is 25.4. The Morgan fingerprint density at radius 2 is 1.71 bits per heavy atom. The number of nitrogens with zero attached hydrogens (tertiary/aromatic N) is 2. The maximum atomic E-state index is 13.9. The number of benzene rings is 3. The van der Waals surface area contributed by atoms with E-state index in [-0.39, 0.29) is 17.7 Å².